The van der Waals surface area contributed by atoms with Crippen LogP contribution in [0.2, 0.25) is 0 Å². The van der Waals surface area contributed by atoms with E-state index in [1.54, 1.807) is 42.7 Å². The second-order valence-electron chi connectivity index (χ2n) is 3.78. The number of amides is 1. The van der Waals surface area contributed by atoms with Gasteiger partial charge in [-0.1, -0.05) is 0 Å². The molecule has 1 amide bonds. The Kier molecular flexibility index (Phi) is 4.19. The van der Waals surface area contributed by atoms with Gasteiger partial charge in [0.1, 0.15) is 24.5 Å². The molecule has 0 radical (unpaired) electrons. The van der Waals surface area contributed by atoms with Crippen molar-refractivity contribution in [2.45, 2.75) is 13.0 Å². The predicted molar refractivity (Wildman–Crippen MR) is 68.3 cm³/mol. The first-order valence-corrected chi connectivity index (χ1v) is 5.70. The minimum Gasteiger partial charge on any atom is -0.486 e. The van der Waals surface area contributed by atoms with Crippen LogP contribution in [0.3, 0.4) is 0 Å². The van der Waals surface area contributed by atoms with Crippen molar-refractivity contribution >= 4 is 11.6 Å². The minimum absolute atomic E-state index is 0.156. The largest absolute Gasteiger partial charge is 0.486 e. The standard InChI is InChI=1S/C14H12N2O3/c15-8-7-14(17)16-11-3-5-12(6-4-11)19-10-13-2-1-9-18-13/h1-6,9H,7,10H2,(H,16,17). The van der Waals surface area contributed by atoms with Crippen molar-refractivity contribution < 1.29 is 13.9 Å². The van der Waals surface area contributed by atoms with Gasteiger partial charge in [-0.25, -0.2) is 0 Å². The first kappa shape index (κ1) is 12.7. The molecule has 2 rings (SSSR count). The van der Waals surface area contributed by atoms with Crippen LogP contribution in [0.1, 0.15) is 12.2 Å². The first-order valence-electron chi connectivity index (χ1n) is 5.70. The molecular weight excluding hydrogens is 244 g/mol. The van der Waals surface area contributed by atoms with E-state index in [0.717, 1.165) is 5.76 Å². The van der Waals surface area contributed by atoms with Crippen LogP contribution in [0.4, 0.5) is 5.69 Å². The zero-order valence-electron chi connectivity index (χ0n) is 10.1. The lowest BCUT2D eigenvalue weighted by Gasteiger charge is -2.06. The lowest BCUT2D eigenvalue weighted by atomic mass is 10.3. The van der Waals surface area contributed by atoms with Crippen LogP contribution < -0.4 is 10.1 Å². The maximum atomic E-state index is 11.2. The first-order chi connectivity index (χ1) is 9.28. The van der Waals surface area contributed by atoms with Crippen molar-refractivity contribution in [3.63, 3.8) is 0 Å². The molecule has 0 unspecified atom stereocenters. The average Bonchev–Trinajstić information content (AvgIpc) is 2.91. The molecule has 0 aliphatic carbocycles. The van der Waals surface area contributed by atoms with Gasteiger partial charge in [0, 0.05) is 5.69 Å². The number of ether oxygens (including phenoxy) is 1. The van der Waals surface area contributed by atoms with E-state index < -0.39 is 0 Å². The number of hydrogen-bond acceptors (Lipinski definition) is 4. The molecule has 0 spiro atoms. The van der Waals surface area contributed by atoms with E-state index in [-0.39, 0.29) is 12.3 Å². The SMILES string of the molecule is N#CCC(=O)Nc1ccc(OCc2ccco2)cc1. The van der Waals surface area contributed by atoms with E-state index in [4.69, 9.17) is 14.4 Å². The van der Waals surface area contributed by atoms with E-state index >= 15 is 0 Å². The number of furan rings is 1. The zero-order valence-corrected chi connectivity index (χ0v) is 10.1. The molecule has 0 atom stereocenters. The fraction of sp³-hybridized carbons (Fsp3) is 0.143. The summed E-state index contributed by atoms with van der Waals surface area (Å²) < 4.78 is 10.6. The summed E-state index contributed by atoms with van der Waals surface area (Å²) in [5.74, 6) is 1.09. The fourth-order valence-corrected chi connectivity index (χ4v) is 1.46. The number of nitrogens with one attached hydrogen (secondary N) is 1. The Morgan fingerprint density at radius 1 is 1.32 bits per heavy atom. The Labute approximate surface area is 110 Å². The summed E-state index contributed by atoms with van der Waals surface area (Å²) in [5.41, 5.74) is 0.630. The van der Waals surface area contributed by atoms with Gasteiger partial charge in [-0.3, -0.25) is 4.79 Å². The summed E-state index contributed by atoms with van der Waals surface area (Å²) in [6, 6.07) is 12.3. The van der Waals surface area contributed by atoms with Crippen LogP contribution in [0.15, 0.2) is 47.1 Å². The van der Waals surface area contributed by atoms with Gasteiger partial charge in [0.15, 0.2) is 0 Å². The Morgan fingerprint density at radius 2 is 2.11 bits per heavy atom. The van der Waals surface area contributed by atoms with Crippen LogP contribution >= 0.6 is 0 Å². The normalized spacial score (nSPS) is 9.63. The molecule has 2 aromatic rings. The Balaban J connectivity index is 1.88. The van der Waals surface area contributed by atoms with Gasteiger partial charge in [0.2, 0.25) is 5.91 Å². The Bertz CT molecular complexity index is 568. The Hall–Kier alpha value is -2.74. The smallest absolute Gasteiger partial charge is 0.238 e. The third kappa shape index (κ3) is 3.89. The topological polar surface area (TPSA) is 75.3 Å². The highest BCUT2D eigenvalue weighted by Crippen LogP contribution is 2.17. The summed E-state index contributed by atoms with van der Waals surface area (Å²) in [4.78, 5) is 11.2. The number of nitriles is 1. The number of nitrogens with zero attached hydrogens (tertiary/aromatic N) is 1. The van der Waals surface area contributed by atoms with Crippen molar-refractivity contribution in [1.29, 1.82) is 5.26 Å². The molecule has 1 aromatic heterocycles. The molecule has 19 heavy (non-hydrogen) atoms. The van der Waals surface area contributed by atoms with Crippen LogP contribution in [-0.4, -0.2) is 5.91 Å². The van der Waals surface area contributed by atoms with Crippen LogP contribution in [0.5, 0.6) is 5.75 Å². The lowest BCUT2D eigenvalue weighted by Crippen LogP contribution is -2.09. The van der Waals surface area contributed by atoms with Gasteiger partial charge in [0.25, 0.3) is 0 Å². The average molecular weight is 256 g/mol. The van der Waals surface area contributed by atoms with Crippen molar-refractivity contribution in [2.24, 2.45) is 0 Å². The van der Waals surface area contributed by atoms with Crippen LogP contribution in [0.25, 0.3) is 0 Å². The van der Waals surface area contributed by atoms with E-state index in [1.807, 2.05) is 6.07 Å². The van der Waals surface area contributed by atoms with Gasteiger partial charge in [-0.2, -0.15) is 5.26 Å². The lowest BCUT2D eigenvalue weighted by molar-refractivity contribution is -0.115. The van der Waals surface area contributed by atoms with E-state index in [9.17, 15) is 4.79 Å². The molecule has 1 aromatic carbocycles. The number of rotatable bonds is 5. The van der Waals surface area contributed by atoms with Crippen molar-refractivity contribution in [2.75, 3.05) is 5.32 Å². The second-order valence-corrected chi connectivity index (χ2v) is 3.78. The van der Waals surface area contributed by atoms with E-state index in [0.29, 0.717) is 18.0 Å². The second kappa shape index (κ2) is 6.26. The number of carbonyl (C=O) groups excluding carboxylic acids is 1. The highest BCUT2D eigenvalue weighted by molar-refractivity contribution is 5.92. The zero-order chi connectivity index (χ0) is 13.5. The Morgan fingerprint density at radius 3 is 2.74 bits per heavy atom. The number of hydrogen-bond donors (Lipinski definition) is 1. The monoisotopic (exact) mass is 256 g/mol. The highest BCUT2D eigenvalue weighted by atomic mass is 16.5. The third-order valence-electron chi connectivity index (χ3n) is 2.34. The van der Waals surface area contributed by atoms with E-state index in [2.05, 4.69) is 5.32 Å². The quantitative estimate of drug-likeness (QED) is 0.892. The molecule has 1 heterocycles. The molecule has 0 aliphatic rings. The van der Waals surface area contributed by atoms with Gasteiger partial charge in [0.05, 0.1) is 12.3 Å². The maximum absolute atomic E-state index is 11.2. The molecule has 0 saturated heterocycles. The molecule has 0 saturated carbocycles. The molecule has 0 bridgehead atoms. The molecule has 1 N–H and O–H groups in total. The van der Waals surface area contributed by atoms with E-state index in [1.165, 1.54) is 0 Å². The summed E-state index contributed by atoms with van der Waals surface area (Å²) in [7, 11) is 0. The molecule has 0 aliphatic heterocycles. The van der Waals surface area contributed by atoms with Crippen molar-refractivity contribution in [3.05, 3.63) is 48.4 Å². The number of anilines is 1. The molecule has 0 fully saturated rings. The summed E-state index contributed by atoms with van der Waals surface area (Å²) in [6.45, 7) is 0.354. The minimum atomic E-state index is -0.327. The number of benzene rings is 1. The predicted octanol–water partition coefficient (Wildman–Crippen LogP) is 2.71. The van der Waals surface area contributed by atoms with Crippen LogP contribution in [-0.2, 0) is 11.4 Å². The van der Waals surface area contributed by atoms with Gasteiger partial charge >= 0.3 is 0 Å². The highest BCUT2D eigenvalue weighted by Gasteiger charge is 2.02. The fourth-order valence-electron chi connectivity index (χ4n) is 1.46. The third-order valence-corrected chi connectivity index (χ3v) is 2.34. The van der Waals surface area contributed by atoms with Gasteiger partial charge in [-0.05, 0) is 36.4 Å². The summed E-state index contributed by atoms with van der Waals surface area (Å²) in [5, 5.41) is 11.0. The van der Waals surface area contributed by atoms with Gasteiger partial charge < -0.3 is 14.5 Å². The molecule has 96 valence electrons. The molecule has 5 nitrogen and oxygen atoms in total. The van der Waals surface area contributed by atoms with Gasteiger partial charge in [-0.15, -0.1) is 0 Å². The summed E-state index contributed by atoms with van der Waals surface area (Å²) >= 11 is 0. The molecular formula is C14H12N2O3. The molecule has 5 heteroatoms. The maximum Gasteiger partial charge on any atom is 0.238 e. The van der Waals surface area contributed by atoms with Crippen molar-refractivity contribution in [3.8, 4) is 11.8 Å². The van der Waals surface area contributed by atoms with Crippen LogP contribution in [0, 0.1) is 11.3 Å². The summed E-state index contributed by atoms with van der Waals surface area (Å²) in [6.07, 6.45) is 1.43. The number of carbonyl (C=O) groups is 1. The van der Waals surface area contributed by atoms with Crippen molar-refractivity contribution in [1.82, 2.24) is 0 Å².